The highest BCUT2D eigenvalue weighted by Crippen LogP contribution is 2.45. The number of piperidine rings is 2. The van der Waals surface area contributed by atoms with Crippen LogP contribution in [0.25, 0.3) is 6.08 Å². The summed E-state index contributed by atoms with van der Waals surface area (Å²) < 4.78 is 33.2. The number of fused-ring (bicyclic) bond motifs is 2. The summed E-state index contributed by atoms with van der Waals surface area (Å²) in [7, 11) is 0. The average molecular weight is 620 g/mol. The lowest BCUT2D eigenvalue weighted by molar-refractivity contribution is -0.128. The van der Waals surface area contributed by atoms with Crippen molar-refractivity contribution < 1.29 is 23.1 Å². The number of ether oxygens (including phenoxy) is 1. The largest absolute Gasteiger partial charge is 0.457 e. The van der Waals surface area contributed by atoms with E-state index in [-0.39, 0.29) is 29.3 Å². The highest BCUT2D eigenvalue weighted by atomic mass is 35.5. The number of anilines is 1. The van der Waals surface area contributed by atoms with Crippen LogP contribution < -0.4 is 5.32 Å². The SMILES string of the molecule is O=C(O[C@H](CN1CCC2(CC1)CNc1cc(Cl)ccc12)C1CCN(C(=O)/C=C/c2cc(F)cc(F)c2)CC1)c1ccccc1. The summed E-state index contributed by atoms with van der Waals surface area (Å²) in [5.41, 5.74) is 3.36. The molecule has 0 saturated carbocycles. The minimum atomic E-state index is -0.687. The van der Waals surface area contributed by atoms with E-state index in [2.05, 4.69) is 16.3 Å². The standard InChI is InChI=1S/C35H36ClF2N3O3/c36-27-7-8-30-31(20-27)39-23-35(30)12-16-40(17-13-35)22-32(44-34(43)26-4-2-1-3-5-26)25-10-14-41(15-11-25)33(42)9-6-24-18-28(37)21-29(38)19-24/h1-9,18-21,25,32,39H,10-17,22-23H2/b9-6+/t32-/m1/s1. The molecule has 1 N–H and O–H groups in total. The van der Waals surface area contributed by atoms with E-state index >= 15 is 0 Å². The van der Waals surface area contributed by atoms with Gasteiger partial charge in [0.25, 0.3) is 0 Å². The van der Waals surface area contributed by atoms with Crippen LogP contribution in [-0.2, 0) is 14.9 Å². The molecule has 0 aromatic heterocycles. The number of likely N-dealkylation sites (tertiary alicyclic amines) is 2. The lowest BCUT2D eigenvalue weighted by Gasteiger charge is -2.42. The fourth-order valence-electron chi connectivity index (χ4n) is 6.85. The molecule has 0 unspecified atom stereocenters. The maximum atomic E-state index is 13.5. The second-order valence-electron chi connectivity index (χ2n) is 12.1. The summed E-state index contributed by atoms with van der Waals surface area (Å²) in [6.45, 7) is 4.35. The molecule has 1 spiro atoms. The molecular formula is C35H36ClF2N3O3. The summed E-state index contributed by atoms with van der Waals surface area (Å²) in [5.74, 6) is -1.82. The number of halogens is 3. The Morgan fingerprint density at radius 2 is 1.68 bits per heavy atom. The van der Waals surface area contributed by atoms with Crippen LogP contribution in [0.4, 0.5) is 14.5 Å². The van der Waals surface area contributed by atoms with E-state index < -0.39 is 11.6 Å². The van der Waals surface area contributed by atoms with Crippen molar-refractivity contribution in [3.05, 3.63) is 106 Å². The van der Waals surface area contributed by atoms with Gasteiger partial charge in [0.15, 0.2) is 0 Å². The summed E-state index contributed by atoms with van der Waals surface area (Å²) >= 11 is 6.23. The Morgan fingerprint density at radius 3 is 2.39 bits per heavy atom. The second-order valence-corrected chi connectivity index (χ2v) is 12.6. The topological polar surface area (TPSA) is 61.9 Å². The molecule has 3 aliphatic heterocycles. The van der Waals surface area contributed by atoms with E-state index in [1.54, 1.807) is 17.0 Å². The first-order valence-corrected chi connectivity index (χ1v) is 15.6. The maximum absolute atomic E-state index is 13.5. The molecule has 44 heavy (non-hydrogen) atoms. The Bertz CT molecular complexity index is 1510. The quantitative estimate of drug-likeness (QED) is 0.240. The van der Waals surface area contributed by atoms with Crippen LogP contribution in [0.15, 0.2) is 72.8 Å². The van der Waals surface area contributed by atoms with Gasteiger partial charge in [-0.1, -0.05) is 35.9 Å². The fourth-order valence-corrected chi connectivity index (χ4v) is 7.02. The summed E-state index contributed by atoms with van der Waals surface area (Å²) in [5, 5.41) is 4.28. The highest BCUT2D eigenvalue weighted by molar-refractivity contribution is 6.30. The van der Waals surface area contributed by atoms with Crippen molar-refractivity contribution in [3.63, 3.8) is 0 Å². The maximum Gasteiger partial charge on any atom is 0.338 e. The lowest BCUT2D eigenvalue weighted by Crippen LogP contribution is -2.49. The van der Waals surface area contributed by atoms with Gasteiger partial charge < -0.3 is 15.0 Å². The van der Waals surface area contributed by atoms with Gasteiger partial charge >= 0.3 is 5.97 Å². The predicted octanol–water partition coefficient (Wildman–Crippen LogP) is 6.55. The van der Waals surface area contributed by atoms with Crippen LogP contribution in [0.1, 0.15) is 47.2 Å². The number of carbonyl (C=O) groups excluding carboxylic acids is 2. The van der Waals surface area contributed by atoms with Gasteiger partial charge in [-0.05, 0) is 92.4 Å². The summed E-state index contributed by atoms with van der Waals surface area (Å²) in [6, 6.07) is 18.3. The minimum Gasteiger partial charge on any atom is -0.457 e. The number of hydrogen-bond acceptors (Lipinski definition) is 5. The third-order valence-electron chi connectivity index (χ3n) is 9.37. The zero-order valence-corrected chi connectivity index (χ0v) is 25.2. The van der Waals surface area contributed by atoms with Gasteiger partial charge in [-0.25, -0.2) is 13.6 Å². The van der Waals surface area contributed by atoms with Gasteiger partial charge in [0.1, 0.15) is 17.7 Å². The number of hydrogen-bond donors (Lipinski definition) is 1. The number of nitrogens with zero attached hydrogens (tertiary/aromatic N) is 2. The molecule has 6 nitrogen and oxygen atoms in total. The Hall–Kier alpha value is -3.75. The Morgan fingerprint density at radius 1 is 0.977 bits per heavy atom. The molecule has 230 valence electrons. The van der Waals surface area contributed by atoms with Crippen LogP contribution in [0, 0.1) is 17.6 Å². The normalized spacial score (nSPS) is 19.1. The molecule has 0 radical (unpaired) electrons. The van der Waals surface area contributed by atoms with Crippen LogP contribution >= 0.6 is 11.6 Å². The van der Waals surface area contributed by atoms with Crippen molar-refractivity contribution in [2.45, 2.75) is 37.2 Å². The number of carbonyl (C=O) groups is 2. The number of esters is 1. The molecule has 3 heterocycles. The van der Waals surface area contributed by atoms with Crippen molar-refractivity contribution in [1.29, 1.82) is 0 Å². The number of rotatable bonds is 7. The number of amides is 1. The van der Waals surface area contributed by atoms with Crippen molar-refractivity contribution >= 4 is 35.2 Å². The van der Waals surface area contributed by atoms with Crippen LogP contribution in [-0.4, -0.2) is 67.0 Å². The van der Waals surface area contributed by atoms with E-state index in [0.717, 1.165) is 49.3 Å². The molecule has 1 amide bonds. The van der Waals surface area contributed by atoms with Crippen molar-refractivity contribution in [2.75, 3.05) is 44.6 Å². The second kappa shape index (κ2) is 13.1. The van der Waals surface area contributed by atoms with Gasteiger partial charge in [-0.15, -0.1) is 0 Å². The number of benzene rings is 3. The molecular weight excluding hydrogens is 584 g/mol. The van der Waals surface area contributed by atoms with E-state index in [0.29, 0.717) is 43.6 Å². The first-order valence-electron chi connectivity index (χ1n) is 15.2. The minimum absolute atomic E-state index is 0.0864. The van der Waals surface area contributed by atoms with E-state index in [1.165, 1.54) is 29.8 Å². The monoisotopic (exact) mass is 619 g/mol. The summed E-state index contributed by atoms with van der Waals surface area (Å²) in [6.07, 6.45) is 5.86. The van der Waals surface area contributed by atoms with Crippen LogP contribution in [0.5, 0.6) is 0 Å². The molecule has 3 aromatic carbocycles. The Balaban J connectivity index is 1.09. The fraction of sp³-hybridized carbons (Fsp3) is 0.371. The molecule has 2 fully saturated rings. The van der Waals surface area contributed by atoms with Crippen LogP contribution in [0.2, 0.25) is 5.02 Å². The van der Waals surface area contributed by atoms with E-state index in [4.69, 9.17) is 16.3 Å². The molecule has 9 heteroatoms. The van der Waals surface area contributed by atoms with Crippen molar-refractivity contribution in [3.8, 4) is 0 Å². The first-order chi connectivity index (χ1) is 21.3. The lowest BCUT2D eigenvalue weighted by atomic mass is 9.74. The summed E-state index contributed by atoms with van der Waals surface area (Å²) in [4.78, 5) is 30.2. The molecule has 0 aliphatic carbocycles. The van der Waals surface area contributed by atoms with Gasteiger partial charge in [0.2, 0.25) is 5.91 Å². The third kappa shape index (κ3) is 6.81. The zero-order chi connectivity index (χ0) is 30.7. The Labute approximate surface area is 261 Å². The predicted molar refractivity (Wildman–Crippen MR) is 168 cm³/mol. The molecule has 6 rings (SSSR count). The molecule has 0 bridgehead atoms. The molecule has 1 atom stereocenters. The third-order valence-corrected chi connectivity index (χ3v) is 9.60. The van der Waals surface area contributed by atoms with Crippen molar-refractivity contribution in [2.24, 2.45) is 5.92 Å². The molecule has 3 aliphatic rings. The number of nitrogens with one attached hydrogen (secondary N) is 1. The average Bonchev–Trinajstić information content (AvgIpc) is 3.37. The Kier molecular flexibility index (Phi) is 9.01. The highest BCUT2D eigenvalue weighted by Gasteiger charge is 2.42. The van der Waals surface area contributed by atoms with E-state index in [9.17, 15) is 18.4 Å². The first kappa shape index (κ1) is 30.3. The van der Waals surface area contributed by atoms with Gasteiger partial charge in [-0.2, -0.15) is 0 Å². The smallest absolute Gasteiger partial charge is 0.338 e. The van der Waals surface area contributed by atoms with Gasteiger partial charge in [0.05, 0.1) is 5.56 Å². The van der Waals surface area contributed by atoms with Gasteiger partial charge in [0, 0.05) is 60.4 Å². The molecule has 3 aromatic rings. The van der Waals surface area contributed by atoms with E-state index in [1.807, 2.05) is 30.3 Å². The zero-order valence-electron chi connectivity index (χ0n) is 24.5. The van der Waals surface area contributed by atoms with Crippen molar-refractivity contribution in [1.82, 2.24) is 9.80 Å². The molecule has 2 saturated heterocycles. The van der Waals surface area contributed by atoms with Gasteiger partial charge in [-0.3, -0.25) is 9.69 Å². The van der Waals surface area contributed by atoms with Crippen LogP contribution in [0.3, 0.4) is 0 Å².